The van der Waals surface area contributed by atoms with Crippen molar-refractivity contribution >= 4 is 23.3 Å². The summed E-state index contributed by atoms with van der Waals surface area (Å²) in [4.78, 5) is 20.8. The molecule has 0 radical (unpaired) electrons. The minimum absolute atomic E-state index is 0.0614. The third-order valence-electron chi connectivity index (χ3n) is 1.59. The monoisotopic (exact) mass is 229 g/mol. The first-order valence-corrected chi connectivity index (χ1v) is 4.54. The number of benzene rings is 1. The first kappa shape index (κ1) is 11.5. The number of nitro groups is 1. The Morgan fingerprint density at radius 2 is 2.00 bits per heavy atom. The van der Waals surface area contributed by atoms with Crippen LogP contribution in [0.1, 0.15) is 6.92 Å². The Balaban J connectivity index is 2.73. The van der Waals surface area contributed by atoms with Gasteiger partial charge in [0.15, 0.2) is 0 Å². The van der Waals surface area contributed by atoms with E-state index in [-0.39, 0.29) is 11.4 Å². The molecule has 0 aromatic heterocycles. The lowest BCUT2D eigenvalue weighted by atomic mass is 10.3. The van der Waals surface area contributed by atoms with Gasteiger partial charge < -0.3 is 4.74 Å². The Morgan fingerprint density at radius 1 is 1.47 bits per heavy atom. The van der Waals surface area contributed by atoms with Gasteiger partial charge in [-0.05, 0) is 19.1 Å². The second-order valence-corrected chi connectivity index (χ2v) is 3.44. The highest BCUT2D eigenvalue weighted by molar-refractivity contribution is 6.29. The van der Waals surface area contributed by atoms with Crippen LogP contribution in [0.3, 0.4) is 0 Å². The Hall–Kier alpha value is -1.62. The molecule has 5 nitrogen and oxygen atoms in total. The van der Waals surface area contributed by atoms with E-state index in [1.807, 2.05) is 0 Å². The molecule has 0 saturated carbocycles. The van der Waals surface area contributed by atoms with Gasteiger partial charge in [0.25, 0.3) is 5.69 Å². The third-order valence-corrected chi connectivity index (χ3v) is 1.77. The molecule has 0 amide bonds. The number of nitrogens with zero attached hydrogens (tertiary/aromatic N) is 1. The minimum Gasteiger partial charge on any atom is -0.425 e. The fraction of sp³-hybridized carbons (Fsp3) is 0.222. The van der Waals surface area contributed by atoms with Gasteiger partial charge in [0.1, 0.15) is 11.1 Å². The summed E-state index contributed by atoms with van der Waals surface area (Å²) in [7, 11) is 0. The van der Waals surface area contributed by atoms with Crippen molar-refractivity contribution in [2.75, 3.05) is 0 Å². The number of esters is 1. The van der Waals surface area contributed by atoms with E-state index in [2.05, 4.69) is 0 Å². The predicted octanol–water partition coefficient (Wildman–Crippen LogP) is 2.13. The van der Waals surface area contributed by atoms with Crippen molar-refractivity contribution in [1.29, 1.82) is 0 Å². The lowest BCUT2D eigenvalue weighted by Crippen LogP contribution is -2.17. The van der Waals surface area contributed by atoms with Crippen molar-refractivity contribution in [2.45, 2.75) is 12.3 Å². The number of ether oxygens (including phenoxy) is 1. The average Bonchev–Trinajstić information content (AvgIpc) is 2.18. The number of hydrogen-bond acceptors (Lipinski definition) is 4. The average molecular weight is 230 g/mol. The highest BCUT2D eigenvalue weighted by atomic mass is 35.5. The van der Waals surface area contributed by atoms with Crippen LogP contribution in [0.4, 0.5) is 5.69 Å². The van der Waals surface area contributed by atoms with Gasteiger partial charge in [0.2, 0.25) is 0 Å². The van der Waals surface area contributed by atoms with Crippen LogP contribution in [0.5, 0.6) is 5.75 Å². The van der Waals surface area contributed by atoms with E-state index in [4.69, 9.17) is 16.3 Å². The van der Waals surface area contributed by atoms with E-state index in [0.717, 1.165) is 0 Å². The zero-order chi connectivity index (χ0) is 11.4. The van der Waals surface area contributed by atoms with Crippen LogP contribution in [-0.2, 0) is 4.79 Å². The zero-order valence-electron chi connectivity index (χ0n) is 7.84. The molecule has 6 heteroatoms. The van der Waals surface area contributed by atoms with Crippen molar-refractivity contribution in [3.8, 4) is 5.75 Å². The van der Waals surface area contributed by atoms with Crippen LogP contribution in [-0.4, -0.2) is 16.3 Å². The minimum atomic E-state index is -0.750. The summed E-state index contributed by atoms with van der Waals surface area (Å²) >= 11 is 5.48. The quantitative estimate of drug-likeness (QED) is 0.262. The number of rotatable bonds is 3. The molecule has 1 atom stereocenters. The summed E-state index contributed by atoms with van der Waals surface area (Å²) in [6.07, 6.45) is 0. The Bertz CT molecular complexity index is 374. The van der Waals surface area contributed by atoms with E-state index >= 15 is 0 Å². The number of nitro benzene ring substituents is 1. The molecule has 0 bridgehead atoms. The van der Waals surface area contributed by atoms with Crippen LogP contribution < -0.4 is 4.74 Å². The molecule has 0 aliphatic carbocycles. The second kappa shape index (κ2) is 4.75. The van der Waals surface area contributed by atoms with Gasteiger partial charge in [-0.3, -0.25) is 14.9 Å². The van der Waals surface area contributed by atoms with Crippen molar-refractivity contribution < 1.29 is 14.5 Å². The standard InChI is InChI=1S/C9H8ClNO4/c1-6(10)9(12)15-8-4-2-7(3-5-8)11(13)14/h2-6H,1H3/t6-/m1/s1. The third kappa shape index (κ3) is 3.21. The smallest absolute Gasteiger partial charge is 0.329 e. The van der Waals surface area contributed by atoms with Crippen molar-refractivity contribution in [3.63, 3.8) is 0 Å². The van der Waals surface area contributed by atoms with Gasteiger partial charge in [0.05, 0.1) is 4.92 Å². The number of carbonyl (C=O) groups is 1. The van der Waals surface area contributed by atoms with E-state index in [0.29, 0.717) is 0 Å². The van der Waals surface area contributed by atoms with Crippen molar-refractivity contribution in [1.82, 2.24) is 0 Å². The SMILES string of the molecule is C[C@@H](Cl)C(=O)Oc1ccc([N+](=O)[O-])cc1. The molecule has 80 valence electrons. The maximum atomic E-state index is 11.0. The van der Waals surface area contributed by atoms with Crippen LogP contribution in [0, 0.1) is 10.1 Å². The Kier molecular flexibility index (Phi) is 3.62. The molecule has 0 fully saturated rings. The highest BCUT2D eigenvalue weighted by Gasteiger charge is 2.12. The lowest BCUT2D eigenvalue weighted by Gasteiger charge is -2.04. The first-order valence-electron chi connectivity index (χ1n) is 4.11. The van der Waals surface area contributed by atoms with Gasteiger partial charge in [0, 0.05) is 12.1 Å². The molecule has 0 saturated heterocycles. The van der Waals surface area contributed by atoms with Crippen LogP contribution in [0.15, 0.2) is 24.3 Å². The van der Waals surface area contributed by atoms with Crippen LogP contribution >= 0.6 is 11.6 Å². The molecule has 15 heavy (non-hydrogen) atoms. The summed E-state index contributed by atoms with van der Waals surface area (Å²) < 4.78 is 4.82. The second-order valence-electron chi connectivity index (χ2n) is 2.79. The summed E-state index contributed by atoms with van der Waals surface area (Å²) in [6, 6.07) is 5.19. The summed E-state index contributed by atoms with van der Waals surface area (Å²) in [5, 5.41) is 9.57. The van der Waals surface area contributed by atoms with E-state index in [1.54, 1.807) is 0 Å². The summed E-state index contributed by atoms with van der Waals surface area (Å²) in [5.41, 5.74) is -0.0614. The number of alkyl halides is 1. The summed E-state index contributed by atoms with van der Waals surface area (Å²) in [6.45, 7) is 1.48. The molecular weight excluding hydrogens is 222 g/mol. The number of halogens is 1. The molecule has 0 aliphatic heterocycles. The zero-order valence-corrected chi connectivity index (χ0v) is 8.60. The molecule has 0 heterocycles. The molecule has 1 aromatic carbocycles. The lowest BCUT2D eigenvalue weighted by molar-refractivity contribution is -0.384. The molecule has 0 aliphatic rings. The topological polar surface area (TPSA) is 69.4 Å². The van der Waals surface area contributed by atoms with Gasteiger partial charge >= 0.3 is 5.97 Å². The van der Waals surface area contributed by atoms with E-state index in [1.165, 1.54) is 31.2 Å². The number of non-ortho nitro benzene ring substituents is 1. The van der Waals surface area contributed by atoms with E-state index < -0.39 is 16.3 Å². The number of carbonyl (C=O) groups excluding carboxylic acids is 1. The molecule has 1 aromatic rings. The van der Waals surface area contributed by atoms with Gasteiger partial charge in [-0.15, -0.1) is 11.6 Å². The fourth-order valence-electron chi connectivity index (χ4n) is 0.833. The van der Waals surface area contributed by atoms with Gasteiger partial charge in [-0.25, -0.2) is 0 Å². The van der Waals surface area contributed by atoms with Crippen molar-refractivity contribution in [3.05, 3.63) is 34.4 Å². The normalized spacial score (nSPS) is 11.9. The molecule has 0 spiro atoms. The fourth-order valence-corrected chi connectivity index (χ4v) is 0.878. The molecule has 0 unspecified atom stereocenters. The molecular formula is C9H8ClNO4. The van der Waals surface area contributed by atoms with Crippen LogP contribution in [0.2, 0.25) is 0 Å². The predicted molar refractivity (Wildman–Crippen MR) is 54.0 cm³/mol. The van der Waals surface area contributed by atoms with Gasteiger partial charge in [-0.1, -0.05) is 0 Å². The Labute approximate surface area is 90.8 Å². The summed E-state index contributed by atoms with van der Waals surface area (Å²) in [5.74, 6) is -0.358. The largest absolute Gasteiger partial charge is 0.425 e. The van der Waals surface area contributed by atoms with Crippen LogP contribution in [0.25, 0.3) is 0 Å². The maximum absolute atomic E-state index is 11.0. The van der Waals surface area contributed by atoms with Gasteiger partial charge in [-0.2, -0.15) is 0 Å². The first-order chi connectivity index (χ1) is 7.00. The maximum Gasteiger partial charge on any atom is 0.329 e. The molecule has 1 rings (SSSR count). The van der Waals surface area contributed by atoms with E-state index in [9.17, 15) is 14.9 Å². The highest BCUT2D eigenvalue weighted by Crippen LogP contribution is 2.18. The van der Waals surface area contributed by atoms with Crippen molar-refractivity contribution in [2.24, 2.45) is 0 Å². The Morgan fingerprint density at radius 3 is 2.40 bits per heavy atom. The molecule has 0 N–H and O–H groups in total. The number of hydrogen-bond donors (Lipinski definition) is 0.